The Morgan fingerprint density at radius 1 is 1.08 bits per heavy atom. The summed E-state index contributed by atoms with van der Waals surface area (Å²) in [7, 11) is 1.34. The third kappa shape index (κ3) is 4.27. The second kappa shape index (κ2) is 9.59. The summed E-state index contributed by atoms with van der Waals surface area (Å²) in [6.45, 7) is 6.03. The topological polar surface area (TPSA) is 73.8 Å². The molecule has 2 aromatic heterocycles. The lowest BCUT2D eigenvalue weighted by Gasteiger charge is -2.24. The summed E-state index contributed by atoms with van der Waals surface area (Å²) >= 11 is 1.28. The monoisotopic (exact) mass is 498 g/mol. The largest absolute Gasteiger partial charge is 0.466 e. The number of nitrogens with zero attached hydrogens (tertiary/aromatic N) is 2. The zero-order chi connectivity index (χ0) is 25.4. The van der Waals surface area contributed by atoms with Gasteiger partial charge in [-0.1, -0.05) is 79.8 Å². The highest BCUT2D eigenvalue weighted by Gasteiger charge is 2.33. The van der Waals surface area contributed by atoms with E-state index in [1.807, 2.05) is 66.7 Å². The maximum absolute atomic E-state index is 13.7. The highest BCUT2D eigenvalue weighted by Crippen LogP contribution is 2.31. The van der Waals surface area contributed by atoms with Crippen LogP contribution in [0.25, 0.3) is 17.4 Å². The lowest BCUT2D eigenvalue weighted by molar-refractivity contribution is -0.136. The summed E-state index contributed by atoms with van der Waals surface area (Å²) in [6, 6.07) is 20.9. The second-order valence-corrected chi connectivity index (χ2v) is 9.97. The van der Waals surface area contributed by atoms with Crippen molar-refractivity contribution >= 4 is 23.4 Å². The van der Waals surface area contributed by atoms with Gasteiger partial charge < -0.3 is 9.15 Å². The maximum Gasteiger partial charge on any atom is 0.338 e. The average Bonchev–Trinajstić information content (AvgIpc) is 3.48. The number of hydrogen-bond donors (Lipinski definition) is 0. The zero-order valence-corrected chi connectivity index (χ0v) is 21.3. The molecule has 36 heavy (non-hydrogen) atoms. The Bertz CT molecular complexity index is 1640. The fourth-order valence-corrected chi connectivity index (χ4v) is 5.42. The molecule has 0 fully saturated rings. The summed E-state index contributed by atoms with van der Waals surface area (Å²) in [6.07, 6.45) is 1.73. The number of fused-ring (bicyclic) bond motifs is 1. The van der Waals surface area contributed by atoms with Crippen LogP contribution in [-0.4, -0.2) is 17.6 Å². The maximum atomic E-state index is 13.7. The van der Waals surface area contributed by atoms with Crippen molar-refractivity contribution in [2.45, 2.75) is 32.7 Å². The van der Waals surface area contributed by atoms with Gasteiger partial charge in [0, 0.05) is 11.6 Å². The van der Waals surface area contributed by atoms with Crippen molar-refractivity contribution in [3.8, 4) is 11.3 Å². The van der Waals surface area contributed by atoms with Gasteiger partial charge >= 0.3 is 5.97 Å². The first-order valence-electron chi connectivity index (χ1n) is 11.7. The van der Waals surface area contributed by atoms with E-state index in [0.717, 1.165) is 16.9 Å². The van der Waals surface area contributed by atoms with Crippen LogP contribution in [0, 0.1) is 0 Å². The molecule has 4 aromatic rings. The van der Waals surface area contributed by atoms with E-state index in [9.17, 15) is 9.59 Å². The average molecular weight is 499 g/mol. The molecule has 0 saturated carbocycles. The number of aromatic nitrogens is 1. The molecule has 5 rings (SSSR count). The van der Waals surface area contributed by atoms with Gasteiger partial charge in [-0.25, -0.2) is 9.79 Å². The van der Waals surface area contributed by atoms with Crippen molar-refractivity contribution in [2.75, 3.05) is 7.11 Å². The van der Waals surface area contributed by atoms with Gasteiger partial charge in [0.25, 0.3) is 5.56 Å². The van der Waals surface area contributed by atoms with E-state index in [2.05, 4.69) is 18.8 Å². The molecule has 0 N–H and O–H groups in total. The summed E-state index contributed by atoms with van der Waals surface area (Å²) in [4.78, 5) is 31.6. The smallest absolute Gasteiger partial charge is 0.338 e. The number of hydrogen-bond acceptors (Lipinski definition) is 6. The third-order valence-corrected chi connectivity index (χ3v) is 7.29. The molecule has 1 aliphatic rings. The van der Waals surface area contributed by atoms with E-state index in [1.165, 1.54) is 24.0 Å². The molecular formula is C29H26N2O4S. The Morgan fingerprint density at radius 3 is 2.47 bits per heavy atom. The predicted molar refractivity (Wildman–Crippen MR) is 140 cm³/mol. The standard InChI is InChI=1S/C29H26N2O4S/c1-17(2)19-10-12-21(13-11-19)26-25(28(33)34-4)18(3)30-29-31(26)27(32)24(36-29)16-22-14-15-23(35-22)20-8-6-5-7-9-20/h5-17,26H,1-4H3/b24-16-/t26-/m0/s1. The van der Waals surface area contributed by atoms with Gasteiger partial charge in [0.05, 0.1) is 29.0 Å². The van der Waals surface area contributed by atoms with Crippen molar-refractivity contribution < 1.29 is 13.9 Å². The van der Waals surface area contributed by atoms with E-state index in [1.54, 1.807) is 17.6 Å². The van der Waals surface area contributed by atoms with Gasteiger partial charge in [-0.15, -0.1) is 0 Å². The van der Waals surface area contributed by atoms with Gasteiger partial charge in [-0.05, 0) is 36.1 Å². The highest BCUT2D eigenvalue weighted by atomic mass is 32.1. The summed E-state index contributed by atoms with van der Waals surface area (Å²) in [5.41, 5.74) is 3.63. The molecule has 0 saturated heterocycles. The number of furan rings is 1. The first-order chi connectivity index (χ1) is 17.4. The van der Waals surface area contributed by atoms with Crippen molar-refractivity contribution in [1.82, 2.24) is 4.57 Å². The number of benzene rings is 2. The molecular weight excluding hydrogens is 472 g/mol. The molecule has 2 aromatic carbocycles. The fourth-order valence-electron chi connectivity index (χ4n) is 4.39. The molecule has 1 atom stereocenters. The number of methoxy groups -OCH3 is 1. The van der Waals surface area contributed by atoms with Crippen molar-refractivity contribution in [1.29, 1.82) is 0 Å². The molecule has 1 aliphatic heterocycles. The Hall–Kier alpha value is -3.97. The van der Waals surface area contributed by atoms with Crippen LogP contribution in [0.15, 0.2) is 92.2 Å². The van der Waals surface area contributed by atoms with Crippen LogP contribution >= 0.6 is 11.3 Å². The van der Waals surface area contributed by atoms with Gasteiger partial charge in [0.2, 0.25) is 0 Å². The van der Waals surface area contributed by atoms with Crippen LogP contribution in [0.1, 0.15) is 49.6 Å². The lowest BCUT2D eigenvalue weighted by atomic mass is 9.93. The molecule has 7 heteroatoms. The molecule has 0 bridgehead atoms. The summed E-state index contributed by atoms with van der Waals surface area (Å²) in [5, 5.41) is 0. The third-order valence-electron chi connectivity index (χ3n) is 6.30. The molecule has 0 aliphatic carbocycles. The Labute approximate surface area is 212 Å². The van der Waals surface area contributed by atoms with E-state index in [-0.39, 0.29) is 5.56 Å². The van der Waals surface area contributed by atoms with Crippen molar-refractivity contribution in [3.05, 3.63) is 115 Å². The number of carbonyl (C=O) groups is 1. The fraction of sp³-hybridized carbons (Fsp3) is 0.207. The quantitative estimate of drug-likeness (QED) is 0.371. The Morgan fingerprint density at radius 2 is 1.81 bits per heavy atom. The van der Waals surface area contributed by atoms with Crippen LogP contribution in [0.5, 0.6) is 0 Å². The van der Waals surface area contributed by atoms with Crippen LogP contribution < -0.4 is 14.9 Å². The molecule has 0 spiro atoms. The first-order valence-corrected chi connectivity index (χ1v) is 12.5. The number of ether oxygens (including phenoxy) is 1. The Kier molecular flexibility index (Phi) is 6.33. The van der Waals surface area contributed by atoms with Crippen LogP contribution in [0.2, 0.25) is 0 Å². The SMILES string of the molecule is COC(=O)C1=C(C)N=c2s/c(=C\c3ccc(-c4ccccc4)o3)c(=O)n2[C@H]1c1ccc(C(C)C)cc1. The van der Waals surface area contributed by atoms with Gasteiger partial charge in [0.15, 0.2) is 4.80 Å². The minimum atomic E-state index is -0.631. The number of carbonyl (C=O) groups excluding carboxylic acids is 1. The molecule has 0 unspecified atom stereocenters. The first kappa shape index (κ1) is 23.8. The number of esters is 1. The number of allylic oxidation sites excluding steroid dienone is 1. The summed E-state index contributed by atoms with van der Waals surface area (Å²) in [5.74, 6) is 1.16. The van der Waals surface area contributed by atoms with E-state index >= 15 is 0 Å². The minimum absolute atomic E-state index is 0.233. The Balaban J connectivity index is 1.64. The number of thiazole rings is 1. The van der Waals surface area contributed by atoms with Crippen molar-refractivity contribution in [3.63, 3.8) is 0 Å². The second-order valence-electron chi connectivity index (χ2n) is 8.96. The van der Waals surface area contributed by atoms with Gasteiger partial charge in [-0.3, -0.25) is 9.36 Å². The molecule has 0 radical (unpaired) electrons. The minimum Gasteiger partial charge on any atom is -0.466 e. The van der Waals surface area contributed by atoms with E-state index in [4.69, 9.17) is 9.15 Å². The molecule has 3 heterocycles. The predicted octanol–water partition coefficient (Wildman–Crippen LogP) is 4.79. The van der Waals surface area contributed by atoms with Crippen LogP contribution in [0.3, 0.4) is 0 Å². The molecule has 182 valence electrons. The van der Waals surface area contributed by atoms with Crippen LogP contribution in [-0.2, 0) is 9.53 Å². The van der Waals surface area contributed by atoms with Gasteiger partial charge in [0.1, 0.15) is 11.5 Å². The molecule has 6 nitrogen and oxygen atoms in total. The lowest BCUT2D eigenvalue weighted by Crippen LogP contribution is -2.39. The van der Waals surface area contributed by atoms with E-state index < -0.39 is 12.0 Å². The molecule has 0 amide bonds. The normalized spacial score (nSPS) is 15.7. The zero-order valence-electron chi connectivity index (χ0n) is 20.5. The van der Waals surface area contributed by atoms with Gasteiger partial charge in [-0.2, -0.15) is 0 Å². The van der Waals surface area contributed by atoms with E-state index in [0.29, 0.717) is 32.3 Å². The van der Waals surface area contributed by atoms with Crippen molar-refractivity contribution in [2.24, 2.45) is 4.99 Å². The highest BCUT2D eigenvalue weighted by molar-refractivity contribution is 7.07. The number of rotatable bonds is 5. The summed E-state index contributed by atoms with van der Waals surface area (Å²) < 4.78 is 13.1. The van der Waals surface area contributed by atoms with Crippen LogP contribution in [0.4, 0.5) is 0 Å².